The smallest absolute Gasteiger partial charge is 0.308 e. The van der Waals surface area contributed by atoms with Gasteiger partial charge in [0.15, 0.2) is 0 Å². The fourth-order valence-corrected chi connectivity index (χ4v) is 3.77. The maximum Gasteiger partial charge on any atom is 0.308 e. The minimum absolute atomic E-state index is 0.0499. The van der Waals surface area contributed by atoms with Crippen LogP contribution in [0.2, 0.25) is 0 Å². The molecule has 1 amide bonds. The molecule has 2 fully saturated rings. The zero-order valence-corrected chi connectivity index (χ0v) is 13.9. The molecule has 3 atom stereocenters. The summed E-state index contributed by atoms with van der Waals surface area (Å²) in [7, 11) is 0. The third kappa shape index (κ3) is 3.96. The van der Waals surface area contributed by atoms with E-state index in [0.717, 1.165) is 31.4 Å². The van der Waals surface area contributed by atoms with E-state index in [0.29, 0.717) is 19.5 Å². The summed E-state index contributed by atoms with van der Waals surface area (Å²) in [6, 6.07) is 9.65. The summed E-state index contributed by atoms with van der Waals surface area (Å²) in [6.45, 7) is 1.59. The third-order valence-electron chi connectivity index (χ3n) is 5.17. The highest BCUT2D eigenvalue weighted by molar-refractivity contribution is 5.79. The number of nitrogens with zero attached hydrogens (tertiary/aromatic N) is 1. The molecule has 2 aliphatic rings. The van der Waals surface area contributed by atoms with E-state index in [-0.39, 0.29) is 17.9 Å². The van der Waals surface area contributed by atoms with E-state index < -0.39 is 11.9 Å². The highest BCUT2D eigenvalue weighted by atomic mass is 16.5. The lowest BCUT2D eigenvalue weighted by atomic mass is 9.89. The van der Waals surface area contributed by atoms with Crippen molar-refractivity contribution < 1.29 is 19.4 Å². The molecule has 24 heavy (non-hydrogen) atoms. The van der Waals surface area contributed by atoms with Crippen LogP contribution in [0.1, 0.15) is 43.6 Å². The minimum Gasteiger partial charge on any atom is -0.481 e. The van der Waals surface area contributed by atoms with E-state index >= 15 is 0 Å². The molecular weight excluding hydrogens is 306 g/mol. The molecule has 1 aromatic carbocycles. The number of carboxylic acid groups (broad SMARTS) is 1. The van der Waals surface area contributed by atoms with E-state index in [4.69, 9.17) is 4.74 Å². The number of carboxylic acids is 1. The van der Waals surface area contributed by atoms with Gasteiger partial charge in [-0.3, -0.25) is 9.59 Å². The van der Waals surface area contributed by atoms with Crippen LogP contribution in [0.5, 0.6) is 0 Å². The lowest BCUT2D eigenvalue weighted by Crippen LogP contribution is -2.31. The van der Waals surface area contributed by atoms with Gasteiger partial charge in [0.2, 0.25) is 5.91 Å². The molecule has 3 unspecified atom stereocenters. The molecule has 5 heteroatoms. The fraction of sp³-hybridized carbons (Fsp3) is 0.579. The van der Waals surface area contributed by atoms with Crippen molar-refractivity contribution in [1.82, 2.24) is 4.90 Å². The largest absolute Gasteiger partial charge is 0.481 e. The van der Waals surface area contributed by atoms with Crippen LogP contribution in [0.25, 0.3) is 0 Å². The van der Waals surface area contributed by atoms with Gasteiger partial charge in [-0.05, 0) is 31.2 Å². The van der Waals surface area contributed by atoms with Crippen LogP contribution in [0, 0.1) is 5.92 Å². The van der Waals surface area contributed by atoms with Crippen molar-refractivity contribution in [3.05, 3.63) is 35.9 Å². The number of hydrogen-bond acceptors (Lipinski definition) is 3. The minimum atomic E-state index is -0.824. The second-order valence-electron chi connectivity index (χ2n) is 6.79. The molecule has 0 spiro atoms. The summed E-state index contributed by atoms with van der Waals surface area (Å²) >= 11 is 0. The SMILES string of the molecule is O=C(O)C1CN(C(=O)CCC2CCCCO2)CC1c1ccccc1. The van der Waals surface area contributed by atoms with Gasteiger partial charge in [-0.2, -0.15) is 0 Å². The van der Waals surface area contributed by atoms with Gasteiger partial charge in [-0.1, -0.05) is 30.3 Å². The van der Waals surface area contributed by atoms with E-state index in [2.05, 4.69) is 0 Å². The fourth-order valence-electron chi connectivity index (χ4n) is 3.77. The zero-order chi connectivity index (χ0) is 16.9. The summed E-state index contributed by atoms with van der Waals surface area (Å²) < 4.78 is 5.68. The number of amides is 1. The molecule has 0 aromatic heterocycles. The van der Waals surface area contributed by atoms with Gasteiger partial charge in [-0.25, -0.2) is 0 Å². The lowest BCUT2D eigenvalue weighted by molar-refractivity contribution is -0.141. The average Bonchev–Trinajstić information content (AvgIpc) is 3.07. The van der Waals surface area contributed by atoms with Crippen LogP contribution >= 0.6 is 0 Å². The normalized spacial score (nSPS) is 27.2. The first-order valence-electron chi connectivity index (χ1n) is 8.82. The second kappa shape index (κ2) is 7.79. The van der Waals surface area contributed by atoms with Gasteiger partial charge < -0.3 is 14.7 Å². The van der Waals surface area contributed by atoms with Crippen LogP contribution in [-0.2, 0) is 14.3 Å². The number of aliphatic carboxylic acids is 1. The van der Waals surface area contributed by atoms with Crippen molar-refractivity contribution >= 4 is 11.9 Å². The molecule has 0 aliphatic carbocycles. The molecule has 3 rings (SSSR count). The molecule has 0 saturated carbocycles. The first-order valence-corrected chi connectivity index (χ1v) is 8.82. The highest BCUT2D eigenvalue weighted by Gasteiger charge is 2.40. The summed E-state index contributed by atoms with van der Waals surface area (Å²) in [5.41, 5.74) is 0.996. The van der Waals surface area contributed by atoms with Crippen LogP contribution in [0.15, 0.2) is 30.3 Å². The Labute approximate surface area is 142 Å². The number of benzene rings is 1. The maximum atomic E-state index is 12.5. The molecule has 0 bridgehead atoms. The Morgan fingerprint density at radius 2 is 1.96 bits per heavy atom. The van der Waals surface area contributed by atoms with Gasteiger partial charge >= 0.3 is 5.97 Å². The molecule has 2 heterocycles. The Kier molecular flexibility index (Phi) is 5.51. The average molecular weight is 331 g/mol. The molecular formula is C19H25NO4. The number of carbonyl (C=O) groups excluding carboxylic acids is 1. The maximum absolute atomic E-state index is 12.5. The number of carbonyl (C=O) groups is 2. The van der Waals surface area contributed by atoms with Crippen LogP contribution < -0.4 is 0 Å². The first kappa shape index (κ1) is 17.0. The molecule has 1 N–H and O–H groups in total. The van der Waals surface area contributed by atoms with E-state index in [1.165, 1.54) is 6.42 Å². The quantitative estimate of drug-likeness (QED) is 0.901. The number of hydrogen-bond donors (Lipinski definition) is 1. The molecule has 130 valence electrons. The monoisotopic (exact) mass is 331 g/mol. The standard InChI is InChI=1S/C19H25NO4/c21-18(10-9-15-8-4-5-11-24-15)20-12-16(17(13-20)19(22)23)14-6-2-1-3-7-14/h1-3,6-7,15-17H,4-5,8-13H2,(H,22,23). The van der Waals surface area contributed by atoms with Crippen molar-refractivity contribution in [2.45, 2.75) is 44.1 Å². The molecule has 2 aliphatic heterocycles. The van der Waals surface area contributed by atoms with Gasteiger partial charge in [0.1, 0.15) is 0 Å². The Bertz CT molecular complexity index is 568. The second-order valence-corrected chi connectivity index (χ2v) is 6.79. The predicted octanol–water partition coefficient (Wildman–Crippen LogP) is 2.66. The zero-order valence-electron chi connectivity index (χ0n) is 13.9. The Morgan fingerprint density at radius 3 is 2.62 bits per heavy atom. The summed E-state index contributed by atoms with van der Waals surface area (Å²) in [5, 5.41) is 9.52. The van der Waals surface area contributed by atoms with Crippen molar-refractivity contribution in [1.29, 1.82) is 0 Å². The van der Waals surface area contributed by atoms with Crippen molar-refractivity contribution in [3.63, 3.8) is 0 Å². The summed E-state index contributed by atoms with van der Waals surface area (Å²) in [6.07, 6.45) is 4.67. The first-order chi connectivity index (χ1) is 11.6. The van der Waals surface area contributed by atoms with E-state index in [1.807, 2.05) is 30.3 Å². The molecule has 2 saturated heterocycles. The van der Waals surface area contributed by atoms with Crippen LogP contribution in [0.3, 0.4) is 0 Å². The number of rotatable bonds is 5. The van der Waals surface area contributed by atoms with Crippen molar-refractivity contribution in [2.75, 3.05) is 19.7 Å². The van der Waals surface area contributed by atoms with Gasteiger partial charge in [-0.15, -0.1) is 0 Å². The third-order valence-corrected chi connectivity index (χ3v) is 5.17. The lowest BCUT2D eigenvalue weighted by Gasteiger charge is -2.23. The molecule has 5 nitrogen and oxygen atoms in total. The molecule has 1 aromatic rings. The van der Waals surface area contributed by atoms with Gasteiger partial charge in [0, 0.05) is 32.0 Å². The summed E-state index contributed by atoms with van der Waals surface area (Å²) in [4.78, 5) is 25.8. The van der Waals surface area contributed by atoms with E-state index in [9.17, 15) is 14.7 Å². The topological polar surface area (TPSA) is 66.8 Å². The Hall–Kier alpha value is -1.88. The predicted molar refractivity (Wildman–Crippen MR) is 89.7 cm³/mol. The van der Waals surface area contributed by atoms with Crippen molar-refractivity contribution in [2.24, 2.45) is 5.92 Å². The molecule has 0 radical (unpaired) electrons. The Balaban J connectivity index is 1.60. The van der Waals surface area contributed by atoms with Gasteiger partial charge in [0.25, 0.3) is 0 Å². The number of likely N-dealkylation sites (tertiary alicyclic amines) is 1. The van der Waals surface area contributed by atoms with Crippen LogP contribution in [-0.4, -0.2) is 47.7 Å². The van der Waals surface area contributed by atoms with Gasteiger partial charge in [0.05, 0.1) is 12.0 Å². The highest BCUT2D eigenvalue weighted by Crippen LogP contribution is 2.33. The number of ether oxygens (including phenoxy) is 1. The van der Waals surface area contributed by atoms with E-state index in [1.54, 1.807) is 4.90 Å². The van der Waals surface area contributed by atoms with Crippen molar-refractivity contribution in [3.8, 4) is 0 Å². The van der Waals surface area contributed by atoms with Crippen LogP contribution in [0.4, 0.5) is 0 Å². The Morgan fingerprint density at radius 1 is 1.17 bits per heavy atom. The summed E-state index contributed by atoms with van der Waals surface area (Å²) in [5.74, 6) is -1.43.